The van der Waals surface area contributed by atoms with Crippen molar-refractivity contribution >= 4 is 0 Å². The van der Waals surface area contributed by atoms with Gasteiger partial charge in [-0.25, -0.2) is 0 Å². The van der Waals surface area contributed by atoms with Crippen LogP contribution in [-0.4, -0.2) is 12.5 Å². The summed E-state index contributed by atoms with van der Waals surface area (Å²) >= 11 is 0. The van der Waals surface area contributed by atoms with E-state index in [-0.39, 0.29) is 5.92 Å². The predicted molar refractivity (Wildman–Crippen MR) is 43.0 cm³/mol. The van der Waals surface area contributed by atoms with Crippen LogP contribution in [0.5, 0.6) is 0 Å². The highest BCUT2D eigenvalue weighted by molar-refractivity contribution is 5.08. The fraction of sp³-hybridized carbons (Fsp3) is 0.556. The molecular weight excluding hydrogens is 181 g/mol. The van der Waals surface area contributed by atoms with Crippen LogP contribution in [0.2, 0.25) is 0 Å². The summed E-state index contributed by atoms with van der Waals surface area (Å²) in [5, 5.41) is 0. The molecule has 2 unspecified atom stereocenters. The summed E-state index contributed by atoms with van der Waals surface area (Å²) in [5.74, 6) is 0.276. The van der Waals surface area contributed by atoms with E-state index in [1.54, 1.807) is 12.2 Å². The van der Waals surface area contributed by atoms with E-state index in [9.17, 15) is 13.2 Å². The van der Waals surface area contributed by atoms with Crippen LogP contribution in [0.1, 0.15) is 13.3 Å². The maximum absolute atomic E-state index is 11.8. The molecule has 0 aromatic rings. The van der Waals surface area contributed by atoms with Crippen LogP contribution in [0.15, 0.2) is 24.3 Å². The first kappa shape index (κ1) is 10.3. The highest BCUT2D eigenvalue weighted by Gasteiger charge is 2.31. The summed E-state index contributed by atoms with van der Waals surface area (Å²) in [6.07, 6.45) is 1.53. The number of allylic oxidation sites excluding steroid dienone is 2. The molecule has 0 aromatic carbocycles. The maximum atomic E-state index is 11.8. The van der Waals surface area contributed by atoms with E-state index < -0.39 is 12.5 Å². The van der Waals surface area contributed by atoms with Crippen molar-refractivity contribution in [3.8, 4) is 0 Å². The van der Waals surface area contributed by atoms with Gasteiger partial charge in [-0.2, -0.15) is 0 Å². The summed E-state index contributed by atoms with van der Waals surface area (Å²) < 4.78 is 39.2. The molecule has 0 heterocycles. The fourth-order valence-corrected chi connectivity index (χ4v) is 1.10. The predicted octanol–water partition coefficient (Wildman–Crippen LogP) is 3.04. The Morgan fingerprint density at radius 1 is 1.23 bits per heavy atom. The minimum absolute atomic E-state index is 0.276. The van der Waals surface area contributed by atoms with Gasteiger partial charge in [0.25, 0.3) is 0 Å². The minimum atomic E-state index is -4.56. The molecule has 0 aromatic heterocycles. The molecule has 0 bridgehead atoms. The average Bonchev–Trinajstić information content (AvgIpc) is 2.12. The summed E-state index contributed by atoms with van der Waals surface area (Å²) in [5.41, 5.74) is 0. The van der Waals surface area contributed by atoms with E-state index >= 15 is 0 Å². The van der Waals surface area contributed by atoms with Crippen LogP contribution in [0.4, 0.5) is 13.2 Å². The molecule has 13 heavy (non-hydrogen) atoms. The topological polar surface area (TPSA) is 9.23 Å². The van der Waals surface area contributed by atoms with Crippen LogP contribution >= 0.6 is 0 Å². The van der Waals surface area contributed by atoms with Gasteiger partial charge in [0, 0.05) is 0 Å². The number of halogens is 3. The molecule has 0 radical (unpaired) electrons. The molecule has 2 atom stereocenters. The van der Waals surface area contributed by atoms with Gasteiger partial charge in [0.15, 0.2) is 0 Å². The van der Waals surface area contributed by atoms with Gasteiger partial charge in [-0.1, -0.05) is 31.2 Å². The molecule has 74 valence electrons. The summed E-state index contributed by atoms with van der Waals surface area (Å²) in [6, 6.07) is 0. The SMILES string of the molecule is CC1C=CC(OC(F)(F)F)C=CC1. The average molecular weight is 192 g/mol. The molecular formula is C9H11F3O. The Morgan fingerprint density at radius 2 is 1.92 bits per heavy atom. The highest BCUT2D eigenvalue weighted by atomic mass is 19.4. The van der Waals surface area contributed by atoms with E-state index in [2.05, 4.69) is 4.74 Å². The van der Waals surface area contributed by atoms with Crippen molar-refractivity contribution in [2.75, 3.05) is 0 Å². The lowest BCUT2D eigenvalue weighted by molar-refractivity contribution is -0.330. The second kappa shape index (κ2) is 3.96. The van der Waals surface area contributed by atoms with Gasteiger partial charge < -0.3 is 0 Å². The van der Waals surface area contributed by atoms with Crippen molar-refractivity contribution in [2.45, 2.75) is 25.8 Å². The maximum Gasteiger partial charge on any atom is 0.523 e. The second-order valence-corrected chi connectivity index (χ2v) is 3.05. The second-order valence-electron chi connectivity index (χ2n) is 3.05. The largest absolute Gasteiger partial charge is 0.523 e. The Morgan fingerprint density at radius 3 is 2.54 bits per heavy atom. The van der Waals surface area contributed by atoms with E-state index in [1.165, 1.54) is 12.2 Å². The Kier molecular flexibility index (Phi) is 3.14. The van der Waals surface area contributed by atoms with Gasteiger partial charge in [0.1, 0.15) is 6.10 Å². The molecule has 0 aliphatic heterocycles. The molecule has 0 N–H and O–H groups in total. The highest BCUT2D eigenvalue weighted by Crippen LogP contribution is 2.22. The monoisotopic (exact) mass is 192 g/mol. The molecule has 4 heteroatoms. The van der Waals surface area contributed by atoms with Crippen molar-refractivity contribution in [1.82, 2.24) is 0 Å². The molecule has 1 aliphatic carbocycles. The van der Waals surface area contributed by atoms with Gasteiger partial charge >= 0.3 is 6.36 Å². The molecule has 0 saturated carbocycles. The molecule has 1 nitrogen and oxygen atoms in total. The third kappa shape index (κ3) is 4.12. The molecule has 1 rings (SSSR count). The Bertz CT molecular complexity index is 217. The van der Waals surface area contributed by atoms with Gasteiger partial charge in [0.05, 0.1) is 0 Å². The number of alkyl halides is 3. The van der Waals surface area contributed by atoms with E-state index in [4.69, 9.17) is 0 Å². The Labute approximate surface area is 74.9 Å². The standard InChI is InChI=1S/C9H11F3O/c1-7-3-2-4-8(6-5-7)13-9(10,11)12/h2,4-8H,3H2,1H3. The Hall–Kier alpha value is -0.770. The lowest BCUT2D eigenvalue weighted by Crippen LogP contribution is -2.20. The molecule has 0 saturated heterocycles. The first-order valence-electron chi connectivity index (χ1n) is 4.07. The number of hydrogen-bond donors (Lipinski definition) is 0. The smallest absolute Gasteiger partial charge is 0.280 e. The lowest BCUT2D eigenvalue weighted by atomic mass is 10.1. The third-order valence-electron chi connectivity index (χ3n) is 1.73. The van der Waals surface area contributed by atoms with Gasteiger partial charge in [-0.3, -0.25) is 4.74 Å². The summed E-state index contributed by atoms with van der Waals surface area (Å²) in [4.78, 5) is 0. The van der Waals surface area contributed by atoms with Gasteiger partial charge in [0.2, 0.25) is 0 Å². The van der Waals surface area contributed by atoms with Crippen molar-refractivity contribution in [3.63, 3.8) is 0 Å². The fourth-order valence-electron chi connectivity index (χ4n) is 1.10. The number of ether oxygens (including phenoxy) is 1. The normalized spacial score (nSPS) is 28.9. The number of rotatable bonds is 1. The van der Waals surface area contributed by atoms with Gasteiger partial charge in [-0.15, -0.1) is 13.2 Å². The van der Waals surface area contributed by atoms with Crippen molar-refractivity contribution in [1.29, 1.82) is 0 Å². The van der Waals surface area contributed by atoms with Crippen molar-refractivity contribution in [2.24, 2.45) is 5.92 Å². The molecule has 1 aliphatic rings. The Balaban J connectivity index is 2.56. The zero-order chi connectivity index (χ0) is 9.90. The molecule has 0 spiro atoms. The lowest BCUT2D eigenvalue weighted by Gasteiger charge is -2.11. The zero-order valence-corrected chi connectivity index (χ0v) is 7.21. The zero-order valence-electron chi connectivity index (χ0n) is 7.21. The van der Waals surface area contributed by atoms with Crippen LogP contribution in [0, 0.1) is 5.92 Å². The number of hydrogen-bond acceptors (Lipinski definition) is 1. The summed E-state index contributed by atoms with van der Waals surface area (Å²) in [6.45, 7) is 1.94. The summed E-state index contributed by atoms with van der Waals surface area (Å²) in [7, 11) is 0. The van der Waals surface area contributed by atoms with Crippen LogP contribution < -0.4 is 0 Å². The van der Waals surface area contributed by atoms with Gasteiger partial charge in [-0.05, 0) is 12.3 Å². The first-order chi connectivity index (χ1) is 5.97. The van der Waals surface area contributed by atoms with Crippen molar-refractivity contribution in [3.05, 3.63) is 24.3 Å². The van der Waals surface area contributed by atoms with Crippen LogP contribution in [0.3, 0.4) is 0 Å². The van der Waals surface area contributed by atoms with Crippen LogP contribution in [0.25, 0.3) is 0 Å². The third-order valence-corrected chi connectivity index (χ3v) is 1.73. The van der Waals surface area contributed by atoms with E-state index in [0.29, 0.717) is 0 Å². The molecule has 0 amide bonds. The van der Waals surface area contributed by atoms with E-state index in [1.807, 2.05) is 6.92 Å². The molecule has 0 fully saturated rings. The quantitative estimate of drug-likeness (QED) is 0.580. The van der Waals surface area contributed by atoms with E-state index in [0.717, 1.165) is 6.42 Å². The first-order valence-corrected chi connectivity index (χ1v) is 4.07. The minimum Gasteiger partial charge on any atom is -0.280 e. The van der Waals surface area contributed by atoms with Crippen molar-refractivity contribution < 1.29 is 17.9 Å². The van der Waals surface area contributed by atoms with Crippen LogP contribution in [-0.2, 0) is 4.74 Å².